The molecule has 106 valence electrons. The molecule has 1 aromatic carbocycles. The number of ether oxygens (including phenoxy) is 1. The van der Waals surface area contributed by atoms with Crippen molar-refractivity contribution in [2.45, 2.75) is 52.0 Å². The highest BCUT2D eigenvalue weighted by molar-refractivity contribution is 5.59. The highest BCUT2D eigenvalue weighted by Gasteiger charge is 2.24. The van der Waals surface area contributed by atoms with Crippen molar-refractivity contribution in [3.63, 3.8) is 0 Å². The van der Waals surface area contributed by atoms with Crippen molar-refractivity contribution in [3.8, 4) is 5.75 Å². The Kier molecular flexibility index (Phi) is 4.94. The Labute approximate surface area is 116 Å². The first-order valence-electron chi connectivity index (χ1n) is 7.51. The lowest BCUT2D eigenvalue weighted by Crippen LogP contribution is -2.19. The van der Waals surface area contributed by atoms with Crippen molar-refractivity contribution < 1.29 is 4.74 Å². The van der Waals surface area contributed by atoms with E-state index in [-0.39, 0.29) is 0 Å². The Morgan fingerprint density at radius 2 is 2.11 bits per heavy atom. The molecule has 0 bridgehead atoms. The van der Waals surface area contributed by atoms with Crippen LogP contribution in [0, 0.1) is 5.92 Å². The molecule has 1 saturated carbocycles. The van der Waals surface area contributed by atoms with Crippen LogP contribution < -0.4 is 15.8 Å². The summed E-state index contributed by atoms with van der Waals surface area (Å²) >= 11 is 0. The summed E-state index contributed by atoms with van der Waals surface area (Å²) in [6.45, 7) is 5.08. The zero-order valence-corrected chi connectivity index (χ0v) is 12.1. The fourth-order valence-corrected chi connectivity index (χ4v) is 2.33. The maximum Gasteiger partial charge on any atom is 0.123 e. The molecule has 1 aromatic rings. The molecule has 19 heavy (non-hydrogen) atoms. The number of nitrogens with two attached hydrogens (primary N) is 1. The van der Waals surface area contributed by atoms with E-state index in [4.69, 9.17) is 10.5 Å². The van der Waals surface area contributed by atoms with Gasteiger partial charge in [-0.05, 0) is 31.2 Å². The van der Waals surface area contributed by atoms with E-state index >= 15 is 0 Å². The van der Waals surface area contributed by atoms with Crippen molar-refractivity contribution in [2.75, 3.05) is 17.7 Å². The van der Waals surface area contributed by atoms with Gasteiger partial charge in [0.05, 0.1) is 6.61 Å². The Balaban J connectivity index is 1.98. The topological polar surface area (TPSA) is 47.3 Å². The Morgan fingerprint density at radius 1 is 1.32 bits per heavy atom. The molecular formula is C16H26N2O. The summed E-state index contributed by atoms with van der Waals surface area (Å²) in [7, 11) is 0. The first kappa shape index (κ1) is 14.0. The smallest absolute Gasteiger partial charge is 0.123 e. The van der Waals surface area contributed by atoms with Gasteiger partial charge in [-0.3, -0.25) is 0 Å². The highest BCUT2D eigenvalue weighted by atomic mass is 16.5. The first-order valence-corrected chi connectivity index (χ1v) is 7.51. The molecule has 1 aliphatic rings. The van der Waals surface area contributed by atoms with E-state index in [9.17, 15) is 0 Å². The van der Waals surface area contributed by atoms with Crippen molar-refractivity contribution >= 4 is 11.4 Å². The van der Waals surface area contributed by atoms with Crippen LogP contribution in [0.2, 0.25) is 0 Å². The fourth-order valence-electron chi connectivity index (χ4n) is 2.33. The van der Waals surface area contributed by atoms with Crippen LogP contribution in [-0.4, -0.2) is 12.6 Å². The van der Waals surface area contributed by atoms with E-state index in [2.05, 4.69) is 25.2 Å². The van der Waals surface area contributed by atoms with Gasteiger partial charge < -0.3 is 15.8 Å². The zero-order chi connectivity index (χ0) is 13.7. The van der Waals surface area contributed by atoms with Crippen LogP contribution in [-0.2, 0) is 0 Å². The minimum atomic E-state index is 0.549. The van der Waals surface area contributed by atoms with Crippen molar-refractivity contribution in [1.29, 1.82) is 0 Å². The first-order chi connectivity index (χ1) is 9.21. The predicted molar refractivity (Wildman–Crippen MR) is 81.7 cm³/mol. The molecule has 0 spiro atoms. The molecule has 0 aliphatic heterocycles. The number of rotatable bonds is 8. The molecule has 3 N–H and O–H groups in total. The number of hydrogen-bond donors (Lipinski definition) is 2. The van der Waals surface area contributed by atoms with E-state index in [0.29, 0.717) is 6.04 Å². The second-order valence-electron chi connectivity index (χ2n) is 5.57. The molecular weight excluding hydrogens is 236 g/mol. The van der Waals surface area contributed by atoms with Gasteiger partial charge in [0.15, 0.2) is 0 Å². The molecule has 1 fully saturated rings. The van der Waals surface area contributed by atoms with Crippen LogP contribution in [0.4, 0.5) is 11.4 Å². The molecule has 0 heterocycles. The summed E-state index contributed by atoms with van der Waals surface area (Å²) in [5.41, 5.74) is 7.79. The molecule has 3 heteroatoms. The fraction of sp³-hybridized carbons (Fsp3) is 0.625. The standard InChI is InChI=1S/C16H26N2O/c1-3-7-19-16-10-13(17)9-15(11-16)18-14(4-2)8-12-5-6-12/h9-12,14,18H,3-8,17H2,1-2H3. The summed E-state index contributed by atoms with van der Waals surface area (Å²) in [6.07, 6.45) is 6.24. The van der Waals surface area contributed by atoms with Crippen LogP contribution in [0.15, 0.2) is 18.2 Å². The largest absolute Gasteiger partial charge is 0.493 e. The van der Waals surface area contributed by atoms with Gasteiger partial charge in [0.1, 0.15) is 5.75 Å². The van der Waals surface area contributed by atoms with Crippen molar-refractivity contribution in [1.82, 2.24) is 0 Å². The van der Waals surface area contributed by atoms with Crippen LogP contribution in [0.3, 0.4) is 0 Å². The van der Waals surface area contributed by atoms with Gasteiger partial charge in [-0.25, -0.2) is 0 Å². The van der Waals surface area contributed by atoms with Crippen LogP contribution in [0.1, 0.15) is 46.0 Å². The molecule has 3 nitrogen and oxygen atoms in total. The Morgan fingerprint density at radius 3 is 2.74 bits per heavy atom. The van der Waals surface area contributed by atoms with E-state index in [0.717, 1.165) is 42.5 Å². The summed E-state index contributed by atoms with van der Waals surface area (Å²) in [4.78, 5) is 0. The lowest BCUT2D eigenvalue weighted by molar-refractivity contribution is 0.317. The summed E-state index contributed by atoms with van der Waals surface area (Å²) in [5, 5.41) is 3.60. The third-order valence-corrected chi connectivity index (χ3v) is 3.58. The maximum atomic E-state index is 5.94. The van der Waals surface area contributed by atoms with Crippen molar-refractivity contribution in [3.05, 3.63) is 18.2 Å². The molecule has 0 amide bonds. The van der Waals surface area contributed by atoms with Gasteiger partial charge in [0.2, 0.25) is 0 Å². The van der Waals surface area contributed by atoms with E-state index in [1.54, 1.807) is 0 Å². The minimum absolute atomic E-state index is 0.549. The van der Waals surface area contributed by atoms with E-state index < -0.39 is 0 Å². The summed E-state index contributed by atoms with van der Waals surface area (Å²) in [6, 6.07) is 6.49. The molecule has 0 radical (unpaired) electrons. The maximum absolute atomic E-state index is 5.94. The molecule has 0 saturated heterocycles. The number of benzene rings is 1. The van der Waals surface area contributed by atoms with E-state index in [1.165, 1.54) is 19.3 Å². The van der Waals surface area contributed by atoms with E-state index in [1.807, 2.05) is 12.1 Å². The summed E-state index contributed by atoms with van der Waals surface area (Å²) < 4.78 is 5.67. The normalized spacial score (nSPS) is 16.1. The van der Waals surface area contributed by atoms with Crippen LogP contribution >= 0.6 is 0 Å². The number of hydrogen-bond acceptors (Lipinski definition) is 3. The molecule has 1 unspecified atom stereocenters. The Hall–Kier alpha value is -1.38. The zero-order valence-electron chi connectivity index (χ0n) is 12.1. The third-order valence-electron chi connectivity index (χ3n) is 3.58. The van der Waals surface area contributed by atoms with Gasteiger partial charge in [0, 0.05) is 29.5 Å². The van der Waals surface area contributed by atoms with Gasteiger partial charge in [0.25, 0.3) is 0 Å². The average molecular weight is 262 g/mol. The molecule has 1 atom stereocenters. The molecule has 1 aliphatic carbocycles. The van der Waals surface area contributed by atoms with Crippen molar-refractivity contribution in [2.24, 2.45) is 5.92 Å². The molecule has 2 rings (SSSR count). The number of nitrogen functional groups attached to an aromatic ring is 1. The minimum Gasteiger partial charge on any atom is -0.493 e. The third kappa shape index (κ3) is 4.66. The average Bonchev–Trinajstić information content (AvgIpc) is 3.19. The summed E-state index contributed by atoms with van der Waals surface area (Å²) in [5.74, 6) is 1.81. The second kappa shape index (κ2) is 6.69. The highest BCUT2D eigenvalue weighted by Crippen LogP contribution is 2.35. The second-order valence-corrected chi connectivity index (χ2v) is 5.57. The van der Waals surface area contributed by atoms with Gasteiger partial charge in [-0.1, -0.05) is 26.7 Å². The van der Waals surface area contributed by atoms with Gasteiger partial charge in [-0.2, -0.15) is 0 Å². The lowest BCUT2D eigenvalue weighted by Gasteiger charge is -2.19. The van der Waals surface area contributed by atoms with Crippen LogP contribution in [0.5, 0.6) is 5.75 Å². The van der Waals surface area contributed by atoms with Gasteiger partial charge >= 0.3 is 0 Å². The monoisotopic (exact) mass is 262 g/mol. The predicted octanol–water partition coefficient (Wildman–Crippen LogP) is 4.05. The number of anilines is 2. The van der Waals surface area contributed by atoms with Gasteiger partial charge in [-0.15, -0.1) is 0 Å². The number of nitrogens with one attached hydrogen (secondary N) is 1. The van der Waals surface area contributed by atoms with Crippen LogP contribution in [0.25, 0.3) is 0 Å². The Bertz CT molecular complexity index is 402. The molecule has 0 aromatic heterocycles. The lowest BCUT2D eigenvalue weighted by atomic mass is 10.1. The quantitative estimate of drug-likeness (QED) is 0.695. The SMILES string of the molecule is CCCOc1cc(N)cc(NC(CC)CC2CC2)c1.